The average molecular weight is 440 g/mol. The Bertz CT molecular complexity index is 1130. The molecule has 146 valence electrons. The second-order valence-corrected chi connectivity index (χ2v) is 8.55. The molecular formula is C23H19Cl2N3S. The van der Waals surface area contributed by atoms with Gasteiger partial charge in [0.25, 0.3) is 0 Å². The van der Waals surface area contributed by atoms with Gasteiger partial charge in [0.1, 0.15) is 5.82 Å². The van der Waals surface area contributed by atoms with Crippen molar-refractivity contribution < 1.29 is 0 Å². The van der Waals surface area contributed by atoms with E-state index in [1.807, 2.05) is 30.3 Å². The van der Waals surface area contributed by atoms with E-state index in [1.165, 1.54) is 11.1 Å². The summed E-state index contributed by atoms with van der Waals surface area (Å²) in [5.41, 5.74) is 4.47. The quantitative estimate of drug-likeness (QED) is 0.310. The van der Waals surface area contributed by atoms with E-state index in [-0.39, 0.29) is 0 Å². The SMILES string of the molecule is Cc1cccc(-n2c(Cc3ccccc3)nnc2SCc2ccc(Cl)cc2Cl)c1. The summed E-state index contributed by atoms with van der Waals surface area (Å²) in [6.45, 7) is 2.09. The zero-order valence-corrected chi connectivity index (χ0v) is 18.2. The van der Waals surface area contributed by atoms with Gasteiger partial charge in [-0.1, -0.05) is 83.5 Å². The zero-order valence-electron chi connectivity index (χ0n) is 15.8. The fourth-order valence-corrected chi connectivity index (χ4v) is 4.62. The summed E-state index contributed by atoms with van der Waals surface area (Å²) >= 11 is 14.0. The minimum Gasteiger partial charge on any atom is -0.274 e. The van der Waals surface area contributed by atoms with Gasteiger partial charge in [-0.3, -0.25) is 4.57 Å². The topological polar surface area (TPSA) is 30.7 Å². The maximum absolute atomic E-state index is 6.35. The van der Waals surface area contributed by atoms with Crippen LogP contribution in [0.2, 0.25) is 10.0 Å². The highest BCUT2D eigenvalue weighted by Gasteiger charge is 2.16. The Labute approximate surface area is 184 Å². The van der Waals surface area contributed by atoms with Gasteiger partial charge in [0.05, 0.1) is 0 Å². The maximum Gasteiger partial charge on any atom is 0.196 e. The molecule has 0 amide bonds. The molecule has 0 saturated carbocycles. The van der Waals surface area contributed by atoms with E-state index in [0.29, 0.717) is 22.2 Å². The number of hydrogen-bond donors (Lipinski definition) is 0. The van der Waals surface area contributed by atoms with Gasteiger partial charge in [0.15, 0.2) is 5.16 Å². The molecule has 0 N–H and O–H groups in total. The molecule has 1 aromatic heterocycles. The third kappa shape index (κ3) is 4.84. The Morgan fingerprint density at radius 1 is 0.897 bits per heavy atom. The van der Waals surface area contributed by atoms with Crippen LogP contribution in [0.5, 0.6) is 0 Å². The zero-order chi connectivity index (χ0) is 20.2. The standard InChI is InChI=1S/C23H19Cl2N3S/c1-16-6-5-9-20(12-16)28-22(13-17-7-3-2-4-8-17)26-27-23(28)29-15-18-10-11-19(24)14-21(18)25/h2-12,14H,13,15H2,1H3. The van der Waals surface area contributed by atoms with E-state index in [1.54, 1.807) is 17.8 Å². The second-order valence-electron chi connectivity index (χ2n) is 6.76. The largest absolute Gasteiger partial charge is 0.274 e. The first kappa shape index (κ1) is 20.0. The van der Waals surface area contributed by atoms with Gasteiger partial charge < -0.3 is 0 Å². The lowest BCUT2D eigenvalue weighted by Gasteiger charge is -2.11. The third-order valence-corrected chi connectivity index (χ3v) is 6.10. The molecule has 0 atom stereocenters. The van der Waals surface area contributed by atoms with E-state index in [4.69, 9.17) is 23.2 Å². The van der Waals surface area contributed by atoms with E-state index >= 15 is 0 Å². The van der Waals surface area contributed by atoms with Crippen molar-refractivity contribution in [3.63, 3.8) is 0 Å². The summed E-state index contributed by atoms with van der Waals surface area (Å²) < 4.78 is 2.13. The third-order valence-electron chi connectivity index (χ3n) is 4.54. The highest BCUT2D eigenvalue weighted by molar-refractivity contribution is 7.98. The average Bonchev–Trinajstić information content (AvgIpc) is 3.10. The molecule has 0 saturated heterocycles. The van der Waals surface area contributed by atoms with E-state index < -0.39 is 0 Å². The fraction of sp³-hybridized carbons (Fsp3) is 0.130. The Balaban J connectivity index is 1.67. The van der Waals surface area contributed by atoms with Gasteiger partial charge in [-0.15, -0.1) is 10.2 Å². The number of rotatable bonds is 6. The Morgan fingerprint density at radius 2 is 1.72 bits per heavy atom. The van der Waals surface area contributed by atoms with Gasteiger partial charge in [-0.25, -0.2) is 0 Å². The van der Waals surface area contributed by atoms with E-state index in [9.17, 15) is 0 Å². The molecule has 3 nitrogen and oxygen atoms in total. The lowest BCUT2D eigenvalue weighted by molar-refractivity contribution is 0.846. The number of aryl methyl sites for hydroxylation is 1. The summed E-state index contributed by atoms with van der Waals surface area (Å²) in [6.07, 6.45) is 0.712. The maximum atomic E-state index is 6.35. The molecule has 0 aliphatic heterocycles. The van der Waals surface area contributed by atoms with Crippen LogP contribution >= 0.6 is 35.0 Å². The first-order valence-electron chi connectivity index (χ1n) is 9.22. The number of aromatic nitrogens is 3. The Morgan fingerprint density at radius 3 is 2.48 bits per heavy atom. The van der Waals surface area contributed by atoms with Crippen LogP contribution in [0.1, 0.15) is 22.5 Å². The number of thioether (sulfide) groups is 1. The van der Waals surface area contributed by atoms with Crippen LogP contribution in [0.3, 0.4) is 0 Å². The number of benzene rings is 3. The van der Waals surface area contributed by atoms with Gasteiger partial charge >= 0.3 is 0 Å². The first-order valence-corrected chi connectivity index (χ1v) is 11.0. The van der Waals surface area contributed by atoms with E-state index in [0.717, 1.165) is 22.2 Å². The lowest BCUT2D eigenvalue weighted by Crippen LogP contribution is -2.04. The van der Waals surface area contributed by atoms with Crippen molar-refractivity contribution in [3.05, 3.63) is 105 Å². The van der Waals surface area contributed by atoms with Crippen molar-refractivity contribution in [2.75, 3.05) is 0 Å². The lowest BCUT2D eigenvalue weighted by atomic mass is 10.1. The molecule has 0 bridgehead atoms. The predicted molar refractivity (Wildman–Crippen MR) is 121 cm³/mol. The first-order chi connectivity index (χ1) is 14.1. The summed E-state index contributed by atoms with van der Waals surface area (Å²) in [4.78, 5) is 0. The molecule has 4 aromatic rings. The van der Waals surface area contributed by atoms with Crippen molar-refractivity contribution >= 4 is 35.0 Å². The molecule has 6 heteroatoms. The molecule has 0 spiro atoms. The summed E-state index contributed by atoms with van der Waals surface area (Å²) in [6, 6.07) is 24.3. The molecule has 4 rings (SSSR count). The smallest absolute Gasteiger partial charge is 0.196 e. The monoisotopic (exact) mass is 439 g/mol. The molecule has 0 aliphatic carbocycles. The normalized spacial score (nSPS) is 11.0. The van der Waals surface area contributed by atoms with Crippen molar-refractivity contribution in [1.29, 1.82) is 0 Å². The fourth-order valence-electron chi connectivity index (χ4n) is 3.09. The molecule has 3 aromatic carbocycles. The minimum atomic E-state index is 0.636. The highest BCUT2D eigenvalue weighted by Crippen LogP contribution is 2.30. The second kappa shape index (κ2) is 9.04. The van der Waals surface area contributed by atoms with Crippen LogP contribution in [0.15, 0.2) is 78.0 Å². The van der Waals surface area contributed by atoms with Crippen LogP contribution in [0, 0.1) is 6.92 Å². The van der Waals surface area contributed by atoms with Crippen LogP contribution in [0.25, 0.3) is 5.69 Å². The van der Waals surface area contributed by atoms with Crippen LogP contribution in [-0.2, 0) is 12.2 Å². The predicted octanol–water partition coefficient (Wildman–Crippen LogP) is 6.77. The van der Waals surface area contributed by atoms with Gasteiger partial charge in [0.2, 0.25) is 0 Å². The van der Waals surface area contributed by atoms with Crippen molar-refractivity contribution in [3.8, 4) is 5.69 Å². The van der Waals surface area contributed by atoms with Gasteiger partial charge in [-0.05, 0) is 47.9 Å². The van der Waals surface area contributed by atoms with Crippen molar-refractivity contribution in [1.82, 2.24) is 14.8 Å². The van der Waals surface area contributed by atoms with Crippen molar-refractivity contribution in [2.45, 2.75) is 24.3 Å². The molecule has 0 unspecified atom stereocenters. The molecule has 0 radical (unpaired) electrons. The summed E-state index contributed by atoms with van der Waals surface area (Å²) in [5, 5.41) is 11.1. The Hall–Kier alpha value is -2.27. The molecule has 0 aliphatic rings. The number of nitrogens with zero attached hydrogens (tertiary/aromatic N) is 3. The molecule has 1 heterocycles. The summed E-state index contributed by atoms with van der Waals surface area (Å²) in [7, 11) is 0. The molecule has 29 heavy (non-hydrogen) atoms. The summed E-state index contributed by atoms with van der Waals surface area (Å²) in [5.74, 6) is 1.59. The van der Waals surface area contributed by atoms with Crippen LogP contribution < -0.4 is 0 Å². The van der Waals surface area contributed by atoms with Crippen molar-refractivity contribution in [2.24, 2.45) is 0 Å². The Kier molecular flexibility index (Phi) is 6.24. The highest BCUT2D eigenvalue weighted by atomic mass is 35.5. The van der Waals surface area contributed by atoms with Gasteiger partial charge in [0, 0.05) is 27.9 Å². The number of hydrogen-bond acceptors (Lipinski definition) is 3. The van der Waals surface area contributed by atoms with E-state index in [2.05, 4.69) is 58.1 Å². The van der Waals surface area contributed by atoms with Gasteiger partial charge in [-0.2, -0.15) is 0 Å². The van der Waals surface area contributed by atoms with Crippen LogP contribution in [0.4, 0.5) is 0 Å². The molecular weight excluding hydrogens is 421 g/mol. The minimum absolute atomic E-state index is 0.636. The molecule has 0 fully saturated rings. The van der Waals surface area contributed by atoms with Crippen LogP contribution in [-0.4, -0.2) is 14.8 Å². The number of halogens is 2.